The van der Waals surface area contributed by atoms with Crippen LogP contribution in [0.25, 0.3) is 0 Å². The number of hydrogen-bond acceptors (Lipinski definition) is 4. The monoisotopic (exact) mass is 357 g/mol. The number of pyridine rings is 1. The number of para-hydroxylation sites is 1. The van der Waals surface area contributed by atoms with Crippen molar-refractivity contribution in [1.29, 1.82) is 0 Å². The molecule has 0 fully saturated rings. The van der Waals surface area contributed by atoms with Crippen molar-refractivity contribution in [3.63, 3.8) is 0 Å². The molecule has 1 unspecified atom stereocenters. The highest BCUT2D eigenvalue weighted by Crippen LogP contribution is 2.42. The number of anilines is 2. The lowest BCUT2D eigenvalue weighted by Crippen LogP contribution is -2.45. The van der Waals surface area contributed by atoms with Crippen molar-refractivity contribution in [2.24, 2.45) is 12.0 Å². The standard InChI is InChI=1S/C18H14F3N5/c1-25-10-16(24-11-25)26-14-5-3-2-4-12(14)8-23-17(26)18(20,21)15-7-6-13(19)9-22-15/h2-11,17H,1H3. The highest BCUT2D eigenvalue weighted by Gasteiger charge is 2.48. The Morgan fingerprint density at radius 2 is 1.88 bits per heavy atom. The maximum absolute atomic E-state index is 15.2. The fourth-order valence-electron chi connectivity index (χ4n) is 2.90. The molecule has 0 N–H and O–H groups in total. The lowest BCUT2D eigenvalue weighted by atomic mass is 10.1. The van der Waals surface area contributed by atoms with E-state index in [4.69, 9.17) is 0 Å². The van der Waals surface area contributed by atoms with Crippen LogP contribution in [-0.4, -0.2) is 26.9 Å². The summed E-state index contributed by atoms with van der Waals surface area (Å²) in [5.74, 6) is -3.80. The Labute approximate surface area is 147 Å². The topological polar surface area (TPSA) is 46.3 Å². The molecule has 1 atom stereocenters. The van der Waals surface area contributed by atoms with Crippen LogP contribution in [0.15, 0.2) is 60.1 Å². The van der Waals surface area contributed by atoms with Crippen molar-refractivity contribution < 1.29 is 13.2 Å². The van der Waals surface area contributed by atoms with Crippen LogP contribution in [0.4, 0.5) is 24.7 Å². The van der Waals surface area contributed by atoms with Crippen LogP contribution >= 0.6 is 0 Å². The summed E-state index contributed by atoms with van der Waals surface area (Å²) < 4.78 is 45.2. The third-order valence-electron chi connectivity index (χ3n) is 4.13. The van der Waals surface area contributed by atoms with Crippen molar-refractivity contribution in [3.05, 3.63) is 72.2 Å². The Kier molecular flexibility index (Phi) is 3.75. The maximum atomic E-state index is 15.2. The van der Waals surface area contributed by atoms with Crippen LogP contribution in [0.5, 0.6) is 0 Å². The van der Waals surface area contributed by atoms with Crippen LogP contribution < -0.4 is 4.90 Å². The maximum Gasteiger partial charge on any atom is 0.329 e. The molecular formula is C18H14F3N5. The molecule has 0 bridgehead atoms. The van der Waals surface area contributed by atoms with E-state index < -0.39 is 23.6 Å². The minimum atomic E-state index is -3.46. The second-order valence-electron chi connectivity index (χ2n) is 5.96. The molecule has 0 spiro atoms. The molecule has 3 aromatic rings. The number of halogens is 3. The molecule has 1 aliphatic rings. The summed E-state index contributed by atoms with van der Waals surface area (Å²) in [6, 6.07) is 9.03. The summed E-state index contributed by atoms with van der Waals surface area (Å²) in [6.45, 7) is 0. The first-order valence-corrected chi connectivity index (χ1v) is 7.86. The predicted molar refractivity (Wildman–Crippen MR) is 91.3 cm³/mol. The Balaban J connectivity index is 1.85. The molecule has 0 radical (unpaired) electrons. The molecule has 0 amide bonds. The van der Waals surface area contributed by atoms with Crippen molar-refractivity contribution >= 4 is 17.7 Å². The molecule has 0 saturated heterocycles. The number of alkyl halides is 2. The zero-order chi connectivity index (χ0) is 18.3. The lowest BCUT2D eigenvalue weighted by Gasteiger charge is -2.37. The molecule has 26 heavy (non-hydrogen) atoms. The Hall–Kier alpha value is -3.16. The van der Waals surface area contributed by atoms with E-state index in [0.29, 0.717) is 17.1 Å². The van der Waals surface area contributed by atoms with Crippen LogP contribution in [0.3, 0.4) is 0 Å². The summed E-state index contributed by atoms with van der Waals surface area (Å²) in [6.07, 6.45) is 3.76. The molecule has 1 aromatic carbocycles. The van der Waals surface area contributed by atoms with Gasteiger partial charge in [-0.2, -0.15) is 8.78 Å². The first kappa shape index (κ1) is 16.3. The van der Waals surface area contributed by atoms with Gasteiger partial charge in [0.25, 0.3) is 0 Å². The van der Waals surface area contributed by atoms with Gasteiger partial charge in [-0.25, -0.2) is 9.37 Å². The molecule has 8 heteroatoms. The Morgan fingerprint density at radius 1 is 1.08 bits per heavy atom. The van der Waals surface area contributed by atoms with Crippen molar-refractivity contribution in [1.82, 2.24) is 14.5 Å². The van der Waals surface area contributed by atoms with Gasteiger partial charge in [-0.15, -0.1) is 0 Å². The van der Waals surface area contributed by atoms with Gasteiger partial charge in [-0.3, -0.25) is 14.9 Å². The molecule has 0 aliphatic carbocycles. The van der Waals surface area contributed by atoms with Gasteiger partial charge in [0.1, 0.15) is 11.5 Å². The molecular weight excluding hydrogens is 343 g/mol. The van der Waals surface area contributed by atoms with Crippen LogP contribution in [0.1, 0.15) is 11.3 Å². The van der Waals surface area contributed by atoms with Gasteiger partial charge in [0.05, 0.1) is 18.2 Å². The van der Waals surface area contributed by atoms with Gasteiger partial charge in [-0.05, 0) is 18.2 Å². The zero-order valence-electron chi connectivity index (χ0n) is 13.7. The molecule has 3 heterocycles. The van der Waals surface area contributed by atoms with Gasteiger partial charge >= 0.3 is 5.92 Å². The lowest BCUT2D eigenvalue weighted by molar-refractivity contribution is -0.0328. The molecule has 4 rings (SSSR count). The number of rotatable bonds is 3. The molecule has 1 aliphatic heterocycles. The summed E-state index contributed by atoms with van der Waals surface area (Å²) >= 11 is 0. The average molecular weight is 357 g/mol. The first-order valence-electron chi connectivity index (χ1n) is 7.86. The normalized spacial score (nSPS) is 16.6. The van der Waals surface area contributed by atoms with E-state index >= 15 is 8.78 Å². The first-order chi connectivity index (χ1) is 12.5. The molecule has 132 valence electrons. The smallest absolute Gasteiger partial charge is 0.329 e. The SMILES string of the molecule is Cn1cnc(N2c3ccccc3C=NC2C(F)(F)c2ccc(F)cn2)c1. The quantitative estimate of drug-likeness (QED) is 0.719. The van der Waals surface area contributed by atoms with Crippen LogP contribution in [0.2, 0.25) is 0 Å². The highest BCUT2D eigenvalue weighted by molar-refractivity contribution is 5.92. The van der Waals surface area contributed by atoms with E-state index in [-0.39, 0.29) is 0 Å². The van der Waals surface area contributed by atoms with E-state index in [1.807, 2.05) is 0 Å². The summed E-state index contributed by atoms with van der Waals surface area (Å²) in [4.78, 5) is 13.2. The van der Waals surface area contributed by atoms with E-state index in [2.05, 4.69) is 15.0 Å². The second kappa shape index (κ2) is 5.98. The van der Waals surface area contributed by atoms with Crippen LogP contribution in [0, 0.1) is 5.82 Å². The van der Waals surface area contributed by atoms with Gasteiger partial charge in [0.2, 0.25) is 0 Å². The Bertz CT molecular complexity index is 965. The second-order valence-corrected chi connectivity index (χ2v) is 5.96. The summed E-state index contributed by atoms with van der Waals surface area (Å²) in [5.41, 5.74) is 0.714. The third kappa shape index (κ3) is 2.63. The summed E-state index contributed by atoms with van der Waals surface area (Å²) in [7, 11) is 1.75. The average Bonchev–Trinajstić information content (AvgIpc) is 3.07. The number of imidazole rings is 1. The minimum absolute atomic E-state index is 0.337. The molecule has 2 aromatic heterocycles. The van der Waals surface area contributed by atoms with Crippen molar-refractivity contribution in [2.45, 2.75) is 12.1 Å². The van der Waals surface area contributed by atoms with Crippen LogP contribution in [-0.2, 0) is 13.0 Å². The van der Waals surface area contributed by atoms with E-state index in [0.717, 1.165) is 18.3 Å². The van der Waals surface area contributed by atoms with E-state index in [1.54, 1.807) is 42.1 Å². The van der Waals surface area contributed by atoms with E-state index in [9.17, 15) is 4.39 Å². The fourth-order valence-corrected chi connectivity index (χ4v) is 2.90. The molecule has 5 nitrogen and oxygen atoms in total. The van der Waals surface area contributed by atoms with Gasteiger partial charge < -0.3 is 4.57 Å². The van der Waals surface area contributed by atoms with Gasteiger partial charge in [0.15, 0.2) is 12.0 Å². The summed E-state index contributed by atoms with van der Waals surface area (Å²) in [5, 5.41) is 0. The number of aryl methyl sites for hydroxylation is 1. The van der Waals surface area contributed by atoms with Gasteiger partial charge in [0, 0.05) is 25.0 Å². The zero-order valence-corrected chi connectivity index (χ0v) is 13.7. The number of aromatic nitrogens is 3. The number of aliphatic imine (C=N–C) groups is 1. The minimum Gasteiger partial charge on any atom is -0.338 e. The fraction of sp³-hybridized carbons (Fsp3) is 0.167. The third-order valence-corrected chi connectivity index (χ3v) is 4.13. The van der Waals surface area contributed by atoms with Crippen molar-refractivity contribution in [2.75, 3.05) is 4.90 Å². The largest absolute Gasteiger partial charge is 0.338 e. The Morgan fingerprint density at radius 3 is 2.58 bits per heavy atom. The predicted octanol–water partition coefficient (Wildman–Crippen LogP) is 3.64. The number of nitrogens with zero attached hydrogens (tertiary/aromatic N) is 5. The van der Waals surface area contributed by atoms with Crippen molar-refractivity contribution in [3.8, 4) is 0 Å². The number of benzene rings is 1. The van der Waals surface area contributed by atoms with Gasteiger partial charge in [-0.1, -0.05) is 18.2 Å². The molecule has 0 saturated carbocycles. The number of fused-ring (bicyclic) bond motifs is 1. The van der Waals surface area contributed by atoms with E-state index in [1.165, 1.54) is 17.4 Å². The number of hydrogen-bond donors (Lipinski definition) is 0. The highest BCUT2D eigenvalue weighted by atomic mass is 19.3.